The van der Waals surface area contributed by atoms with E-state index in [9.17, 15) is 4.79 Å². The molecule has 0 aliphatic carbocycles. The third-order valence-corrected chi connectivity index (χ3v) is 7.24. The van der Waals surface area contributed by atoms with Crippen LogP contribution in [0.25, 0.3) is 17.1 Å². The molecule has 3 heterocycles. The van der Waals surface area contributed by atoms with Crippen LogP contribution in [0.15, 0.2) is 84.3 Å². The Kier molecular flexibility index (Phi) is 6.92. The SMILES string of the molecule is Cc1ccccc1-n1c(SCc2nnc(C(=O)NCc3ccccc3)s2)nnc1-c1cccnc1. The van der Waals surface area contributed by atoms with Crippen LogP contribution in [0.4, 0.5) is 0 Å². The average Bonchev–Trinajstić information content (AvgIpc) is 3.55. The standard InChI is InChI=1S/C25H21N7OS2/c1-17-8-5-6-12-20(17)32-22(19-11-7-13-26-15-19)29-31-25(32)34-16-21-28-30-24(35-21)23(33)27-14-18-9-3-2-4-10-18/h2-13,15H,14,16H2,1H3,(H,27,33). The molecule has 0 saturated carbocycles. The van der Waals surface area contributed by atoms with E-state index in [4.69, 9.17) is 0 Å². The van der Waals surface area contributed by atoms with Crippen molar-refractivity contribution in [2.45, 2.75) is 24.4 Å². The van der Waals surface area contributed by atoms with Gasteiger partial charge in [-0.2, -0.15) is 0 Å². The highest BCUT2D eigenvalue weighted by Crippen LogP contribution is 2.31. The van der Waals surface area contributed by atoms with Crippen molar-refractivity contribution < 1.29 is 4.79 Å². The monoisotopic (exact) mass is 499 g/mol. The van der Waals surface area contributed by atoms with Crippen molar-refractivity contribution in [3.63, 3.8) is 0 Å². The number of thioether (sulfide) groups is 1. The molecule has 0 atom stereocenters. The molecule has 0 fully saturated rings. The molecule has 1 amide bonds. The summed E-state index contributed by atoms with van der Waals surface area (Å²) < 4.78 is 2.03. The first-order valence-electron chi connectivity index (χ1n) is 10.9. The molecule has 0 aliphatic heterocycles. The maximum atomic E-state index is 12.5. The fraction of sp³-hybridized carbons (Fsp3) is 0.120. The van der Waals surface area contributed by atoms with Crippen LogP contribution >= 0.6 is 23.1 Å². The van der Waals surface area contributed by atoms with Gasteiger partial charge < -0.3 is 5.32 Å². The molecule has 3 aromatic heterocycles. The van der Waals surface area contributed by atoms with E-state index in [1.54, 1.807) is 12.4 Å². The number of carbonyl (C=O) groups is 1. The summed E-state index contributed by atoms with van der Waals surface area (Å²) in [7, 11) is 0. The summed E-state index contributed by atoms with van der Waals surface area (Å²) >= 11 is 2.78. The highest BCUT2D eigenvalue weighted by molar-refractivity contribution is 7.98. The topological polar surface area (TPSA) is 98.5 Å². The van der Waals surface area contributed by atoms with Crippen LogP contribution in [0.3, 0.4) is 0 Å². The lowest BCUT2D eigenvalue weighted by Gasteiger charge is -2.12. The molecule has 5 rings (SSSR count). The number of carbonyl (C=O) groups excluding carboxylic acids is 1. The first kappa shape index (κ1) is 22.9. The van der Waals surface area contributed by atoms with Gasteiger partial charge in [0.1, 0.15) is 5.01 Å². The first-order chi connectivity index (χ1) is 17.2. The largest absolute Gasteiger partial charge is 0.346 e. The zero-order valence-electron chi connectivity index (χ0n) is 18.8. The summed E-state index contributed by atoms with van der Waals surface area (Å²) in [6.07, 6.45) is 3.51. The van der Waals surface area contributed by atoms with Crippen LogP contribution in [-0.4, -0.2) is 35.9 Å². The van der Waals surface area contributed by atoms with Crippen LogP contribution in [0, 0.1) is 6.92 Å². The molecule has 0 radical (unpaired) electrons. The summed E-state index contributed by atoms with van der Waals surface area (Å²) in [6.45, 7) is 2.50. The van der Waals surface area contributed by atoms with Crippen molar-refractivity contribution >= 4 is 29.0 Å². The number of benzene rings is 2. The van der Waals surface area contributed by atoms with E-state index < -0.39 is 0 Å². The number of nitrogens with zero attached hydrogens (tertiary/aromatic N) is 6. The minimum atomic E-state index is -0.232. The average molecular weight is 500 g/mol. The van der Waals surface area contributed by atoms with Gasteiger partial charge in [-0.1, -0.05) is 71.6 Å². The molecule has 0 aliphatic rings. The molecular weight excluding hydrogens is 478 g/mol. The van der Waals surface area contributed by atoms with E-state index in [2.05, 4.69) is 43.7 Å². The number of nitrogens with one attached hydrogen (secondary N) is 1. The summed E-state index contributed by atoms with van der Waals surface area (Å²) in [5.74, 6) is 0.999. The lowest BCUT2D eigenvalue weighted by Crippen LogP contribution is -2.22. The van der Waals surface area contributed by atoms with E-state index in [0.29, 0.717) is 23.1 Å². The Morgan fingerprint density at radius 2 is 1.80 bits per heavy atom. The molecule has 8 nitrogen and oxygen atoms in total. The zero-order valence-corrected chi connectivity index (χ0v) is 20.5. The lowest BCUT2D eigenvalue weighted by molar-refractivity contribution is 0.0950. The molecule has 0 unspecified atom stereocenters. The summed E-state index contributed by atoms with van der Waals surface area (Å²) in [6, 6.07) is 21.7. The number of pyridine rings is 1. The van der Waals surface area contributed by atoms with Gasteiger partial charge >= 0.3 is 0 Å². The molecular formula is C25H21N7OS2. The second-order valence-electron chi connectivity index (χ2n) is 7.63. The van der Waals surface area contributed by atoms with Crippen molar-refractivity contribution in [2.24, 2.45) is 0 Å². The fourth-order valence-corrected chi connectivity index (χ4v) is 5.15. The maximum Gasteiger partial charge on any atom is 0.282 e. The van der Waals surface area contributed by atoms with E-state index in [1.165, 1.54) is 23.1 Å². The number of rotatable bonds is 8. The number of aryl methyl sites for hydroxylation is 1. The predicted molar refractivity (Wildman–Crippen MR) is 136 cm³/mol. The zero-order chi connectivity index (χ0) is 24.0. The van der Waals surface area contributed by atoms with Gasteiger partial charge in [0.25, 0.3) is 5.91 Å². The third-order valence-electron chi connectivity index (χ3n) is 5.19. The second kappa shape index (κ2) is 10.6. The quantitative estimate of drug-likeness (QED) is 0.309. The number of para-hydroxylation sites is 1. The van der Waals surface area contributed by atoms with Crippen LogP contribution in [0.5, 0.6) is 0 Å². The molecule has 174 valence electrons. The Morgan fingerprint density at radius 1 is 0.971 bits per heavy atom. The van der Waals surface area contributed by atoms with Crippen molar-refractivity contribution in [3.05, 3.63) is 100 Å². The summed E-state index contributed by atoms with van der Waals surface area (Å²) in [5.41, 5.74) is 4.01. The minimum Gasteiger partial charge on any atom is -0.346 e. The molecule has 10 heteroatoms. The number of hydrogen-bond acceptors (Lipinski definition) is 8. The number of hydrogen-bond donors (Lipinski definition) is 1. The fourth-order valence-electron chi connectivity index (χ4n) is 3.46. The third kappa shape index (κ3) is 5.28. The van der Waals surface area contributed by atoms with Crippen LogP contribution in [-0.2, 0) is 12.3 Å². The highest BCUT2D eigenvalue weighted by Gasteiger charge is 2.19. The van der Waals surface area contributed by atoms with Gasteiger partial charge in [0.05, 0.1) is 11.4 Å². The summed E-state index contributed by atoms with van der Waals surface area (Å²) in [4.78, 5) is 16.7. The predicted octanol–water partition coefficient (Wildman–Crippen LogP) is 4.71. The van der Waals surface area contributed by atoms with Crippen molar-refractivity contribution in [2.75, 3.05) is 0 Å². The Hall–Kier alpha value is -3.89. The molecule has 1 N–H and O–H groups in total. The van der Waals surface area contributed by atoms with Crippen molar-refractivity contribution in [1.82, 2.24) is 35.3 Å². The van der Waals surface area contributed by atoms with Crippen molar-refractivity contribution in [3.8, 4) is 17.1 Å². The van der Waals surface area contributed by atoms with E-state index in [0.717, 1.165) is 32.5 Å². The van der Waals surface area contributed by atoms with Gasteiger partial charge in [-0.05, 0) is 36.2 Å². The van der Waals surface area contributed by atoms with Gasteiger partial charge in [0.15, 0.2) is 11.0 Å². The molecule has 0 spiro atoms. The first-order valence-corrected chi connectivity index (χ1v) is 12.7. The summed E-state index contributed by atoms with van der Waals surface area (Å²) in [5, 5.41) is 21.9. The van der Waals surface area contributed by atoms with Gasteiger partial charge in [0.2, 0.25) is 5.01 Å². The molecule has 5 aromatic rings. The van der Waals surface area contributed by atoms with Crippen LogP contribution in [0.2, 0.25) is 0 Å². The molecule has 35 heavy (non-hydrogen) atoms. The Morgan fingerprint density at radius 3 is 2.60 bits per heavy atom. The van der Waals surface area contributed by atoms with E-state index in [1.807, 2.05) is 65.2 Å². The van der Waals surface area contributed by atoms with Gasteiger partial charge in [-0.15, -0.1) is 20.4 Å². The molecule has 0 bridgehead atoms. The Labute approximate surface area is 210 Å². The lowest BCUT2D eigenvalue weighted by atomic mass is 10.2. The number of aromatic nitrogens is 6. The number of amides is 1. The maximum absolute atomic E-state index is 12.5. The van der Waals surface area contributed by atoms with Gasteiger partial charge in [0, 0.05) is 24.5 Å². The Bertz CT molecular complexity index is 1430. The molecule has 2 aromatic carbocycles. The molecule has 0 saturated heterocycles. The van der Waals surface area contributed by atoms with Crippen LogP contribution in [0.1, 0.15) is 25.9 Å². The highest BCUT2D eigenvalue weighted by atomic mass is 32.2. The smallest absolute Gasteiger partial charge is 0.282 e. The van der Waals surface area contributed by atoms with E-state index >= 15 is 0 Å². The van der Waals surface area contributed by atoms with Gasteiger partial charge in [-0.25, -0.2) is 0 Å². The van der Waals surface area contributed by atoms with E-state index in [-0.39, 0.29) is 5.91 Å². The second-order valence-corrected chi connectivity index (χ2v) is 9.63. The minimum absolute atomic E-state index is 0.232. The van der Waals surface area contributed by atoms with Crippen molar-refractivity contribution in [1.29, 1.82) is 0 Å². The van der Waals surface area contributed by atoms with Gasteiger partial charge in [-0.3, -0.25) is 14.3 Å². The Balaban J connectivity index is 1.33. The normalized spacial score (nSPS) is 10.9. The van der Waals surface area contributed by atoms with Crippen LogP contribution < -0.4 is 5.32 Å².